The third kappa shape index (κ3) is 2.79. The minimum atomic E-state index is -3.03. The van der Waals surface area contributed by atoms with Crippen molar-refractivity contribution in [1.29, 1.82) is 0 Å². The Hall–Kier alpha value is -1.99. The molecule has 4 rings (SSSR count). The van der Waals surface area contributed by atoms with Crippen molar-refractivity contribution in [3.05, 3.63) is 11.3 Å². The molecule has 0 amide bonds. The molecule has 1 N–H and O–H groups in total. The fourth-order valence-electron chi connectivity index (χ4n) is 4.50. The van der Waals surface area contributed by atoms with Gasteiger partial charge in [0, 0.05) is 44.6 Å². The molecule has 1 aliphatic carbocycles. The van der Waals surface area contributed by atoms with Crippen LogP contribution in [0.5, 0.6) is 0 Å². The quantitative estimate of drug-likeness (QED) is 0.864. The molecule has 3 heterocycles. The van der Waals surface area contributed by atoms with E-state index in [2.05, 4.69) is 9.97 Å². The Balaban J connectivity index is 1.62. The van der Waals surface area contributed by atoms with Crippen LogP contribution in [0.25, 0.3) is 0 Å². The maximum atomic E-state index is 14.1. The van der Waals surface area contributed by atoms with Crippen LogP contribution in [0, 0.1) is 24.7 Å². The average Bonchev–Trinajstić information content (AvgIpc) is 2.96. The minimum Gasteiger partial charge on any atom is -0.481 e. The van der Waals surface area contributed by atoms with Gasteiger partial charge in [0.05, 0.1) is 0 Å². The number of carbonyl (C=O) groups is 1. The standard InChI is InChI=1S/C18H24F2N4O2/c1-9-4-5-24(9)17-21-15(18(3,19)20)10(2)16(22-17)23-7-12-11(6-14(25)26)13(12)8-23/h9,11-13H,4-8H2,1-3H3,(H,25,26)/t9-,11?,12?,13?/m0/s1. The Morgan fingerprint density at radius 3 is 2.42 bits per heavy atom. The molecule has 3 atom stereocenters. The molecule has 6 nitrogen and oxygen atoms in total. The summed E-state index contributed by atoms with van der Waals surface area (Å²) >= 11 is 0. The van der Waals surface area contributed by atoms with E-state index >= 15 is 0 Å². The van der Waals surface area contributed by atoms with Crippen LogP contribution in [0.4, 0.5) is 20.5 Å². The van der Waals surface area contributed by atoms with Crippen molar-refractivity contribution in [2.75, 3.05) is 29.4 Å². The minimum absolute atomic E-state index is 0.195. The zero-order valence-corrected chi connectivity index (χ0v) is 15.2. The summed E-state index contributed by atoms with van der Waals surface area (Å²) in [6, 6.07) is 0.260. The van der Waals surface area contributed by atoms with E-state index in [0.717, 1.165) is 19.9 Å². The van der Waals surface area contributed by atoms with E-state index in [9.17, 15) is 13.6 Å². The zero-order chi connectivity index (χ0) is 18.8. The van der Waals surface area contributed by atoms with E-state index in [0.29, 0.717) is 42.3 Å². The second-order valence-corrected chi connectivity index (χ2v) is 8.03. The highest BCUT2D eigenvalue weighted by molar-refractivity contribution is 5.68. The lowest BCUT2D eigenvalue weighted by Gasteiger charge is -2.39. The number of aromatic nitrogens is 2. The second kappa shape index (κ2) is 5.76. The van der Waals surface area contributed by atoms with Crippen LogP contribution in [0.2, 0.25) is 0 Å². The molecule has 0 radical (unpaired) electrons. The van der Waals surface area contributed by atoms with Gasteiger partial charge in [-0.1, -0.05) is 0 Å². The molecule has 1 aromatic rings. The van der Waals surface area contributed by atoms with Crippen LogP contribution < -0.4 is 9.80 Å². The molecule has 2 aliphatic heterocycles. The van der Waals surface area contributed by atoms with E-state index < -0.39 is 11.9 Å². The summed E-state index contributed by atoms with van der Waals surface area (Å²) < 4.78 is 28.3. The van der Waals surface area contributed by atoms with Gasteiger partial charge in [0.1, 0.15) is 11.5 Å². The molecule has 0 spiro atoms. The highest BCUT2D eigenvalue weighted by atomic mass is 19.3. The molecule has 142 valence electrons. The third-order valence-electron chi connectivity index (χ3n) is 6.18. The lowest BCUT2D eigenvalue weighted by atomic mass is 10.1. The number of hydrogen-bond donors (Lipinski definition) is 1. The topological polar surface area (TPSA) is 69.6 Å². The van der Waals surface area contributed by atoms with E-state index in [1.807, 2.05) is 16.7 Å². The fourth-order valence-corrected chi connectivity index (χ4v) is 4.50. The Kier molecular flexibility index (Phi) is 3.86. The Morgan fingerprint density at radius 2 is 1.96 bits per heavy atom. The van der Waals surface area contributed by atoms with Gasteiger partial charge in [-0.15, -0.1) is 0 Å². The SMILES string of the molecule is Cc1c(N2CC3C(CC(=O)O)C3C2)nc(N2CC[C@@H]2C)nc1C(C)(F)F. The van der Waals surface area contributed by atoms with Gasteiger partial charge in [0.25, 0.3) is 5.92 Å². The number of halogens is 2. The molecule has 3 aliphatic rings. The first kappa shape index (κ1) is 17.4. The number of rotatable bonds is 5. The molecular formula is C18H24F2N4O2. The van der Waals surface area contributed by atoms with Gasteiger partial charge >= 0.3 is 5.97 Å². The summed E-state index contributed by atoms with van der Waals surface area (Å²) in [5.74, 6) is -1.96. The molecule has 1 aromatic heterocycles. The largest absolute Gasteiger partial charge is 0.481 e. The predicted molar refractivity (Wildman–Crippen MR) is 92.7 cm³/mol. The Morgan fingerprint density at radius 1 is 1.31 bits per heavy atom. The van der Waals surface area contributed by atoms with Gasteiger partial charge in [-0.25, -0.2) is 4.98 Å². The van der Waals surface area contributed by atoms with E-state index in [1.54, 1.807) is 6.92 Å². The maximum Gasteiger partial charge on any atom is 0.303 e. The van der Waals surface area contributed by atoms with Crippen molar-refractivity contribution >= 4 is 17.7 Å². The smallest absolute Gasteiger partial charge is 0.303 e. The van der Waals surface area contributed by atoms with E-state index in [-0.39, 0.29) is 24.1 Å². The fraction of sp³-hybridized carbons (Fsp3) is 0.722. The molecular weight excluding hydrogens is 342 g/mol. The van der Waals surface area contributed by atoms with Crippen LogP contribution in [-0.4, -0.2) is 46.7 Å². The lowest BCUT2D eigenvalue weighted by Crippen LogP contribution is -2.47. The number of carboxylic acids is 1. The maximum absolute atomic E-state index is 14.1. The first-order chi connectivity index (χ1) is 12.2. The van der Waals surface area contributed by atoms with E-state index in [4.69, 9.17) is 5.11 Å². The Labute approximate surface area is 151 Å². The van der Waals surface area contributed by atoms with Crippen LogP contribution in [0.15, 0.2) is 0 Å². The van der Waals surface area contributed by atoms with Crippen LogP contribution in [0.3, 0.4) is 0 Å². The highest BCUT2D eigenvalue weighted by Gasteiger charge is 2.56. The third-order valence-corrected chi connectivity index (χ3v) is 6.18. The number of anilines is 2. The number of carboxylic acid groups (broad SMARTS) is 1. The molecule has 0 bridgehead atoms. The summed E-state index contributed by atoms with van der Waals surface area (Å²) in [6.45, 7) is 6.72. The normalized spacial score (nSPS) is 30.2. The highest BCUT2D eigenvalue weighted by Crippen LogP contribution is 2.54. The summed E-state index contributed by atoms with van der Waals surface area (Å²) in [5, 5.41) is 8.96. The number of nitrogens with zero attached hydrogens (tertiary/aromatic N) is 4. The van der Waals surface area contributed by atoms with Gasteiger partial charge in [0.2, 0.25) is 5.95 Å². The Bertz CT molecular complexity index is 739. The number of fused-ring (bicyclic) bond motifs is 1. The molecule has 3 fully saturated rings. The first-order valence-corrected chi connectivity index (χ1v) is 9.17. The summed E-state index contributed by atoms with van der Waals surface area (Å²) in [7, 11) is 0. The molecule has 26 heavy (non-hydrogen) atoms. The molecule has 2 saturated heterocycles. The summed E-state index contributed by atoms with van der Waals surface area (Å²) in [6.07, 6.45) is 1.20. The van der Waals surface area contributed by atoms with Crippen molar-refractivity contribution in [2.24, 2.45) is 17.8 Å². The van der Waals surface area contributed by atoms with Gasteiger partial charge < -0.3 is 14.9 Å². The predicted octanol–water partition coefficient (Wildman–Crippen LogP) is 2.65. The van der Waals surface area contributed by atoms with Crippen molar-refractivity contribution in [3.63, 3.8) is 0 Å². The lowest BCUT2D eigenvalue weighted by molar-refractivity contribution is -0.137. The number of aliphatic carboxylic acids is 1. The van der Waals surface area contributed by atoms with Gasteiger partial charge in [0.15, 0.2) is 0 Å². The molecule has 0 aromatic carbocycles. The molecule has 1 saturated carbocycles. The zero-order valence-electron chi connectivity index (χ0n) is 15.2. The van der Waals surface area contributed by atoms with Crippen LogP contribution >= 0.6 is 0 Å². The number of piperidine rings is 1. The molecule has 8 heteroatoms. The van der Waals surface area contributed by atoms with Crippen molar-refractivity contribution in [3.8, 4) is 0 Å². The van der Waals surface area contributed by atoms with Gasteiger partial charge in [-0.2, -0.15) is 13.8 Å². The molecule has 2 unspecified atom stereocenters. The van der Waals surface area contributed by atoms with Crippen molar-refractivity contribution in [2.45, 2.75) is 45.6 Å². The van der Waals surface area contributed by atoms with Crippen molar-refractivity contribution in [1.82, 2.24) is 9.97 Å². The monoisotopic (exact) mass is 366 g/mol. The van der Waals surface area contributed by atoms with E-state index in [1.165, 1.54) is 0 Å². The van der Waals surface area contributed by atoms with Crippen LogP contribution in [-0.2, 0) is 10.7 Å². The van der Waals surface area contributed by atoms with Gasteiger partial charge in [-0.3, -0.25) is 4.79 Å². The second-order valence-electron chi connectivity index (χ2n) is 8.03. The average molecular weight is 366 g/mol. The van der Waals surface area contributed by atoms with Crippen molar-refractivity contribution < 1.29 is 18.7 Å². The number of alkyl halides is 2. The summed E-state index contributed by atoms with van der Waals surface area (Å²) in [5.41, 5.74) is 0.213. The summed E-state index contributed by atoms with van der Waals surface area (Å²) in [4.78, 5) is 23.7. The van der Waals surface area contributed by atoms with Crippen LogP contribution in [0.1, 0.15) is 37.9 Å². The van der Waals surface area contributed by atoms with Gasteiger partial charge in [-0.05, 0) is 38.0 Å². The number of hydrogen-bond acceptors (Lipinski definition) is 5. The first-order valence-electron chi connectivity index (χ1n) is 9.17.